The molecule has 19 heavy (non-hydrogen) atoms. The van der Waals surface area contributed by atoms with Crippen molar-refractivity contribution < 1.29 is 14.7 Å². The first-order chi connectivity index (χ1) is 8.91. The van der Waals surface area contributed by atoms with E-state index in [1.807, 2.05) is 0 Å². The molecule has 0 aliphatic rings. The summed E-state index contributed by atoms with van der Waals surface area (Å²) in [6, 6.07) is 4.39. The van der Waals surface area contributed by atoms with Gasteiger partial charge in [0.2, 0.25) is 0 Å². The number of halogens is 1. The number of phenols is 1. The fourth-order valence-corrected chi connectivity index (χ4v) is 1.65. The molecule has 7 heteroatoms. The highest BCUT2D eigenvalue weighted by Crippen LogP contribution is 2.21. The van der Waals surface area contributed by atoms with Crippen molar-refractivity contribution in [3.8, 4) is 5.75 Å². The molecule has 0 saturated carbocycles. The third kappa shape index (κ3) is 4.78. The Hall–Kier alpha value is -1.76. The molecule has 6 nitrogen and oxygen atoms in total. The Kier molecular flexibility index (Phi) is 5.62. The van der Waals surface area contributed by atoms with Gasteiger partial charge in [0, 0.05) is 31.7 Å². The molecule has 3 amide bonds. The molecule has 1 aromatic carbocycles. The Labute approximate surface area is 119 Å². The van der Waals surface area contributed by atoms with E-state index in [9.17, 15) is 14.7 Å². The molecule has 0 aliphatic carbocycles. The normalized spacial score (nSPS) is 9.84. The second kappa shape index (κ2) is 6.98. The number of carbonyl (C=O) groups is 2. The van der Waals surface area contributed by atoms with Gasteiger partial charge in [0.25, 0.3) is 5.91 Å². The summed E-state index contributed by atoms with van der Waals surface area (Å²) in [6.07, 6.45) is 0. The summed E-state index contributed by atoms with van der Waals surface area (Å²) in [7, 11) is 3.26. The van der Waals surface area contributed by atoms with Crippen molar-refractivity contribution in [2.45, 2.75) is 0 Å². The van der Waals surface area contributed by atoms with Gasteiger partial charge >= 0.3 is 6.03 Å². The first kappa shape index (κ1) is 15.3. The number of rotatable bonds is 4. The molecule has 0 spiro atoms. The van der Waals surface area contributed by atoms with E-state index < -0.39 is 5.91 Å². The van der Waals surface area contributed by atoms with Gasteiger partial charge in [-0.1, -0.05) is 15.9 Å². The van der Waals surface area contributed by atoms with Crippen LogP contribution in [-0.4, -0.2) is 49.1 Å². The summed E-state index contributed by atoms with van der Waals surface area (Å²) in [5.74, 6) is -0.476. The van der Waals surface area contributed by atoms with Crippen LogP contribution in [0, 0.1) is 0 Å². The number of hydrogen-bond donors (Lipinski definition) is 3. The number of urea groups is 1. The van der Waals surface area contributed by atoms with Crippen LogP contribution in [0.25, 0.3) is 0 Å². The molecule has 0 saturated heterocycles. The third-order valence-electron chi connectivity index (χ3n) is 2.30. The SMILES string of the molecule is CN(C)C(=O)NCCNC(=O)c1cc(Br)ccc1O. The lowest BCUT2D eigenvalue weighted by Crippen LogP contribution is -2.39. The molecule has 0 heterocycles. The van der Waals surface area contributed by atoms with Gasteiger partial charge in [0.05, 0.1) is 5.56 Å². The summed E-state index contributed by atoms with van der Waals surface area (Å²) in [5, 5.41) is 14.8. The van der Waals surface area contributed by atoms with Gasteiger partial charge in [-0.05, 0) is 18.2 Å². The predicted molar refractivity (Wildman–Crippen MR) is 75.2 cm³/mol. The number of carbonyl (C=O) groups excluding carboxylic acids is 2. The highest BCUT2D eigenvalue weighted by molar-refractivity contribution is 9.10. The molecule has 0 aliphatic heterocycles. The number of nitrogens with zero attached hydrogens (tertiary/aromatic N) is 1. The number of benzene rings is 1. The van der Waals surface area contributed by atoms with Crippen LogP contribution < -0.4 is 10.6 Å². The molecule has 1 rings (SSSR count). The van der Waals surface area contributed by atoms with E-state index in [4.69, 9.17) is 0 Å². The smallest absolute Gasteiger partial charge is 0.316 e. The van der Waals surface area contributed by atoms with Crippen molar-refractivity contribution in [3.63, 3.8) is 0 Å². The molecule has 0 aromatic heterocycles. The van der Waals surface area contributed by atoms with Gasteiger partial charge < -0.3 is 20.6 Å². The lowest BCUT2D eigenvalue weighted by molar-refractivity contribution is 0.0951. The van der Waals surface area contributed by atoms with E-state index in [0.717, 1.165) is 0 Å². The zero-order valence-corrected chi connectivity index (χ0v) is 12.3. The van der Waals surface area contributed by atoms with Gasteiger partial charge in [-0.2, -0.15) is 0 Å². The predicted octanol–water partition coefficient (Wildman–Crippen LogP) is 1.16. The van der Waals surface area contributed by atoms with Gasteiger partial charge in [-0.3, -0.25) is 4.79 Å². The highest BCUT2D eigenvalue weighted by atomic mass is 79.9. The second-order valence-corrected chi connectivity index (χ2v) is 4.96. The van der Waals surface area contributed by atoms with Crippen LogP contribution in [0.2, 0.25) is 0 Å². The molecule has 104 valence electrons. The van der Waals surface area contributed by atoms with Crippen molar-refractivity contribution >= 4 is 27.9 Å². The molecule has 1 aromatic rings. The monoisotopic (exact) mass is 329 g/mol. The van der Waals surface area contributed by atoms with Gasteiger partial charge in [-0.15, -0.1) is 0 Å². The van der Waals surface area contributed by atoms with Crippen LogP contribution in [0.15, 0.2) is 22.7 Å². The molecular formula is C12H16BrN3O3. The molecule has 0 atom stereocenters. The average Bonchev–Trinajstić information content (AvgIpc) is 2.36. The van der Waals surface area contributed by atoms with Crippen molar-refractivity contribution in [2.24, 2.45) is 0 Å². The van der Waals surface area contributed by atoms with Crippen LogP contribution >= 0.6 is 15.9 Å². The summed E-state index contributed by atoms with van der Waals surface area (Å²) in [6.45, 7) is 0.599. The van der Waals surface area contributed by atoms with Crippen molar-refractivity contribution in [3.05, 3.63) is 28.2 Å². The Balaban J connectivity index is 2.44. The third-order valence-corrected chi connectivity index (χ3v) is 2.79. The zero-order chi connectivity index (χ0) is 14.4. The van der Waals surface area contributed by atoms with E-state index >= 15 is 0 Å². The first-order valence-electron chi connectivity index (χ1n) is 5.63. The van der Waals surface area contributed by atoms with Crippen LogP contribution in [0.3, 0.4) is 0 Å². The lowest BCUT2D eigenvalue weighted by atomic mass is 10.2. The average molecular weight is 330 g/mol. The molecule has 0 bridgehead atoms. The first-order valence-corrected chi connectivity index (χ1v) is 6.43. The Bertz CT molecular complexity index is 477. The molecule has 0 fully saturated rings. The number of amides is 3. The molecule has 0 unspecified atom stereocenters. The number of nitrogens with one attached hydrogen (secondary N) is 2. The second-order valence-electron chi connectivity index (χ2n) is 4.04. The fourth-order valence-electron chi connectivity index (χ4n) is 1.29. The topological polar surface area (TPSA) is 81.7 Å². The quantitative estimate of drug-likeness (QED) is 0.725. The summed E-state index contributed by atoms with van der Waals surface area (Å²) in [5.41, 5.74) is 0.188. The van der Waals surface area contributed by atoms with E-state index in [-0.39, 0.29) is 23.9 Å². The molecule has 0 radical (unpaired) electrons. The summed E-state index contributed by atoms with van der Waals surface area (Å²) < 4.78 is 0.705. The molecule has 3 N–H and O–H groups in total. The van der Waals surface area contributed by atoms with E-state index in [2.05, 4.69) is 26.6 Å². The van der Waals surface area contributed by atoms with Crippen LogP contribution in [-0.2, 0) is 0 Å². The number of phenolic OH excluding ortho intramolecular Hbond substituents is 1. The van der Waals surface area contributed by atoms with E-state index in [1.165, 1.54) is 17.0 Å². The number of hydrogen-bond acceptors (Lipinski definition) is 3. The maximum Gasteiger partial charge on any atom is 0.316 e. The minimum Gasteiger partial charge on any atom is -0.507 e. The van der Waals surface area contributed by atoms with Crippen molar-refractivity contribution in [1.29, 1.82) is 0 Å². The maximum atomic E-state index is 11.8. The Morgan fingerprint density at radius 3 is 2.53 bits per heavy atom. The number of aromatic hydroxyl groups is 1. The van der Waals surface area contributed by atoms with Gasteiger partial charge in [-0.25, -0.2) is 4.79 Å². The molecular weight excluding hydrogens is 314 g/mol. The van der Waals surface area contributed by atoms with Crippen molar-refractivity contribution in [2.75, 3.05) is 27.2 Å². The largest absolute Gasteiger partial charge is 0.507 e. The van der Waals surface area contributed by atoms with Crippen LogP contribution in [0.5, 0.6) is 5.75 Å². The highest BCUT2D eigenvalue weighted by Gasteiger charge is 2.11. The van der Waals surface area contributed by atoms with E-state index in [1.54, 1.807) is 20.2 Å². The van der Waals surface area contributed by atoms with Crippen LogP contribution in [0.1, 0.15) is 10.4 Å². The Morgan fingerprint density at radius 1 is 1.26 bits per heavy atom. The standard InChI is InChI=1S/C12H16BrN3O3/c1-16(2)12(19)15-6-5-14-11(18)9-7-8(13)3-4-10(9)17/h3-4,7,17H,5-6H2,1-2H3,(H,14,18)(H,15,19). The minimum atomic E-state index is -0.391. The minimum absolute atomic E-state index is 0.0852. The van der Waals surface area contributed by atoms with E-state index in [0.29, 0.717) is 11.0 Å². The fraction of sp³-hybridized carbons (Fsp3) is 0.333. The van der Waals surface area contributed by atoms with Gasteiger partial charge in [0.15, 0.2) is 0 Å². The van der Waals surface area contributed by atoms with Gasteiger partial charge in [0.1, 0.15) is 5.75 Å². The van der Waals surface area contributed by atoms with Crippen LogP contribution in [0.4, 0.5) is 4.79 Å². The Morgan fingerprint density at radius 2 is 1.89 bits per heavy atom. The maximum absolute atomic E-state index is 11.8. The lowest BCUT2D eigenvalue weighted by Gasteiger charge is -2.12. The van der Waals surface area contributed by atoms with Crippen molar-refractivity contribution in [1.82, 2.24) is 15.5 Å². The summed E-state index contributed by atoms with van der Waals surface area (Å²) in [4.78, 5) is 24.4. The zero-order valence-electron chi connectivity index (χ0n) is 10.7. The summed E-state index contributed by atoms with van der Waals surface area (Å²) >= 11 is 3.23.